The fraction of sp³-hybridized carbons (Fsp3) is 0.314. The minimum absolute atomic E-state index is 0.0639. The first-order valence-electron chi connectivity index (χ1n) is 15.9. The quantitative estimate of drug-likeness (QED) is 0.280. The number of amides is 2. The van der Waals surface area contributed by atoms with Gasteiger partial charge in [0.15, 0.2) is 17.2 Å². The number of hydrogen-bond donors (Lipinski definition) is 2. The van der Waals surface area contributed by atoms with Gasteiger partial charge in [-0.15, -0.1) is 0 Å². The molecular weight excluding hydrogens is 594 g/mol. The Kier molecular flexibility index (Phi) is 7.80. The number of aryl methyl sites for hydroxylation is 1. The largest absolute Gasteiger partial charge is 0.378 e. The number of nitrogens with zero attached hydrogens (tertiary/aromatic N) is 7. The van der Waals surface area contributed by atoms with E-state index in [9.17, 15) is 9.59 Å². The number of nitrogens with two attached hydrogens (primary N) is 2. The molecule has 2 aliphatic heterocycles. The van der Waals surface area contributed by atoms with Crippen molar-refractivity contribution in [1.29, 1.82) is 0 Å². The van der Waals surface area contributed by atoms with Crippen LogP contribution in [-0.4, -0.2) is 68.5 Å². The Bertz CT molecular complexity index is 1980. The van der Waals surface area contributed by atoms with Crippen molar-refractivity contribution in [2.45, 2.75) is 45.6 Å². The highest BCUT2D eigenvalue weighted by Crippen LogP contribution is 2.36. The second-order valence-electron chi connectivity index (χ2n) is 12.2. The Labute approximate surface area is 272 Å². The molecule has 1 saturated heterocycles. The summed E-state index contributed by atoms with van der Waals surface area (Å²) in [5.41, 5.74) is 19.7. The number of primary amides is 1. The molecule has 2 atom stereocenters. The number of benzene rings is 2. The zero-order chi connectivity index (χ0) is 32.8. The molecule has 1 fully saturated rings. The Morgan fingerprint density at radius 2 is 1.68 bits per heavy atom. The molecule has 5 aromatic rings. The summed E-state index contributed by atoms with van der Waals surface area (Å²) in [6.45, 7) is 8.13. The lowest BCUT2D eigenvalue weighted by atomic mass is 9.91. The highest BCUT2D eigenvalue weighted by atomic mass is 16.5. The number of aromatic nitrogens is 5. The predicted octanol–water partition coefficient (Wildman–Crippen LogP) is 4.21. The van der Waals surface area contributed by atoms with Crippen molar-refractivity contribution >= 4 is 34.9 Å². The molecule has 2 aromatic carbocycles. The molecular formula is C35H37N9O3. The summed E-state index contributed by atoms with van der Waals surface area (Å²) in [6, 6.07) is 14.8. The number of morpholine rings is 1. The second-order valence-corrected chi connectivity index (χ2v) is 12.2. The third-order valence-electron chi connectivity index (χ3n) is 9.24. The topological polar surface area (TPSA) is 158 Å². The molecule has 47 heavy (non-hydrogen) atoms. The normalized spacial score (nSPS) is 17.0. The van der Waals surface area contributed by atoms with E-state index < -0.39 is 5.91 Å². The number of ether oxygens (including phenoxy) is 1. The smallest absolute Gasteiger partial charge is 0.269 e. The first-order valence-corrected chi connectivity index (χ1v) is 15.9. The number of hydrogen-bond acceptors (Lipinski definition) is 9. The number of nitrogen functional groups attached to an aromatic ring is 1. The Morgan fingerprint density at radius 1 is 0.979 bits per heavy atom. The van der Waals surface area contributed by atoms with Gasteiger partial charge in [0.2, 0.25) is 11.9 Å². The maximum atomic E-state index is 12.9. The van der Waals surface area contributed by atoms with Crippen LogP contribution in [0.5, 0.6) is 0 Å². The van der Waals surface area contributed by atoms with Crippen LogP contribution in [0.25, 0.3) is 28.0 Å². The fourth-order valence-corrected chi connectivity index (χ4v) is 6.77. The second kappa shape index (κ2) is 12.1. The number of rotatable bonds is 6. The first-order chi connectivity index (χ1) is 22.7. The number of carbonyl (C=O) groups excluding carboxylic acids is 2. The van der Waals surface area contributed by atoms with Crippen molar-refractivity contribution in [1.82, 2.24) is 24.3 Å². The van der Waals surface area contributed by atoms with Crippen molar-refractivity contribution in [2.75, 3.05) is 41.8 Å². The van der Waals surface area contributed by atoms with Gasteiger partial charge in [-0.05, 0) is 54.2 Å². The van der Waals surface area contributed by atoms with Crippen molar-refractivity contribution in [2.24, 2.45) is 5.73 Å². The van der Waals surface area contributed by atoms with E-state index in [1.807, 2.05) is 22.4 Å². The zero-order valence-corrected chi connectivity index (χ0v) is 26.7. The lowest BCUT2D eigenvalue weighted by molar-refractivity contribution is -0.117. The maximum absolute atomic E-state index is 12.9. The number of carbonyl (C=O) groups is 2. The molecule has 12 heteroatoms. The summed E-state index contributed by atoms with van der Waals surface area (Å²) in [5.74, 6) is 0.00681. The molecule has 0 saturated carbocycles. The summed E-state index contributed by atoms with van der Waals surface area (Å²) < 4.78 is 7.52. The van der Waals surface area contributed by atoms with Gasteiger partial charge in [-0.2, -0.15) is 0 Å². The van der Waals surface area contributed by atoms with E-state index in [-0.39, 0.29) is 29.5 Å². The van der Waals surface area contributed by atoms with Crippen LogP contribution >= 0.6 is 0 Å². The van der Waals surface area contributed by atoms with Crippen molar-refractivity contribution in [3.8, 4) is 22.4 Å². The van der Waals surface area contributed by atoms with E-state index in [1.54, 1.807) is 19.3 Å². The predicted molar refractivity (Wildman–Crippen MR) is 180 cm³/mol. The van der Waals surface area contributed by atoms with E-state index in [0.717, 1.165) is 35.2 Å². The molecule has 3 aromatic heterocycles. The molecule has 240 valence electrons. The minimum atomic E-state index is -0.611. The molecule has 0 radical (unpaired) electrons. The lowest BCUT2D eigenvalue weighted by Crippen LogP contribution is -2.40. The third kappa shape index (κ3) is 5.54. The van der Waals surface area contributed by atoms with Crippen LogP contribution in [0.15, 0.2) is 61.1 Å². The maximum Gasteiger partial charge on any atom is 0.269 e. The summed E-state index contributed by atoms with van der Waals surface area (Å²) in [4.78, 5) is 47.3. The van der Waals surface area contributed by atoms with E-state index in [2.05, 4.69) is 64.3 Å². The van der Waals surface area contributed by atoms with Gasteiger partial charge in [-0.25, -0.2) is 19.9 Å². The molecule has 12 nitrogen and oxygen atoms in total. The van der Waals surface area contributed by atoms with Gasteiger partial charge < -0.3 is 26.0 Å². The molecule has 0 spiro atoms. The van der Waals surface area contributed by atoms with Crippen LogP contribution in [0.4, 0.5) is 17.5 Å². The number of fused-ring (bicyclic) bond motifs is 2. The van der Waals surface area contributed by atoms with Crippen LogP contribution < -0.4 is 21.3 Å². The van der Waals surface area contributed by atoms with Crippen LogP contribution in [-0.2, 0) is 16.0 Å². The summed E-state index contributed by atoms with van der Waals surface area (Å²) >= 11 is 0. The molecule has 2 aliphatic rings. The average molecular weight is 632 g/mol. The van der Waals surface area contributed by atoms with E-state index in [4.69, 9.17) is 26.2 Å². The summed E-state index contributed by atoms with van der Waals surface area (Å²) in [6.07, 6.45) is 6.98. The van der Waals surface area contributed by atoms with Crippen LogP contribution in [0, 0.1) is 0 Å². The Morgan fingerprint density at radius 3 is 2.36 bits per heavy atom. The van der Waals surface area contributed by atoms with Crippen LogP contribution in [0.3, 0.4) is 0 Å². The minimum Gasteiger partial charge on any atom is -0.378 e. The summed E-state index contributed by atoms with van der Waals surface area (Å²) in [5, 5.41) is 0. The monoisotopic (exact) mass is 631 g/mol. The van der Waals surface area contributed by atoms with E-state index in [0.29, 0.717) is 54.7 Å². The summed E-state index contributed by atoms with van der Waals surface area (Å²) in [7, 11) is 0. The average Bonchev–Trinajstić information content (AvgIpc) is 3.48. The standard InChI is InChI=1S/C35H37N9O3/c1-20-4-5-26-16-25(10-11-29(26)44(20)22(3)45)24-8-6-23(7-9-24)21(2)31-30(32(36)46)41-34-33(42-12-14-47-15-13-42)40-28(19-43(31)34)27-17-38-35(37)39-18-27/h6-11,16-21H,4-5,12-15H2,1-3H3,(H2,36,46)(H2,37,38,39)/t20-,21+/m0/s1. The molecule has 0 bridgehead atoms. The van der Waals surface area contributed by atoms with Gasteiger partial charge in [0, 0.05) is 61.8 Å². The van der Waals surface area contributed by atoms with Gasteiger partial charge in [0.25, 0.3) is 5.91 Å². The van der Waals surface area contributed by atoms with Crippen molar-refractivity contribution < 1.29 is 14.3 Å². The van der Waals surface area contributed by atoms with E-state index in [1.165, 1.54) is 5.56 Å². The Hall–Kier alpha value is -5.36. The van der Waals surface area contributed by atoms with Crippen LogP contribution in [0.2, 0.25) is 0 Å². The van der Waals surface area contributed by atoms with Gasteiger partial charge >= 0.3 is 0 Å². The molecule has 0 unspecified atom stereocenters. The molecule has 0 aliphatic carbocycles. The van der Waals surface area contributed by atoms with Gasteiger partial charge in [0.1, 0.15) is 0 Å². The highest BCUT2D eigenvalue weighted by Gasteiger charge is 2.29. The van der Waals surface area contributed by atoms with Gasteiger partial charge in [-0.3, -0.25) is 14.0 Å². The first kappa shape index (κ1) is 30.3. The molecule has 4 N–H and O–H groups in total. The third-order valence-corrected chi connectivity index (χ3v) is 9.24. The van der Waals surface area contributed by atoms with Crippen molar-refractivity contribution in [3.63, 3.8) is 0 Å². The van der Waals surface area contributed by atoms with Gasteiger partial charge in [0.05, 0.1) is 24.6 Å². The zero-order valence-electron chi connectivity index (χ0n) is 26.7. The van der Waals surface area contributed by atoms with Crippen molar-refractivity contribution in [3.05, 3.63) is 83.6 Å². The van der Waals surface area contributed by atoms with E-state index >= 15 is 0 Å². The molecule has 2 amide bonds. The SMILES string of the molecule is CC(=O)N1c2ccc(-c3ccc([C@@H](C)c4c(C(N)=O)nc5c(N6CCOCC6)nc(-c6cnc(N)nc6)cn45)cc3)cc2CC[C@@H]1C. The highest BCUT2D eigenvalue weighted by molar-refractivity contribution is 5.95. The Balaban J connectivity index is 1.29. The molecule has 5 heterocycles. The van der Waals surface area contributed by atoms with Gasteiger partial charge in [-0.1, -0.05) is 37.3 Å². The molecule has 7 rings (SSSR count). The van der Waals surface area contributed by atoms with Crippen LogP contribution in [0.1, 0.15) is 60.4 Å². The lowest BCUT2D eigenvalue weighted by Gasteiger charge is -2.34. The number of imidazole rings is 1. The number of anilines is 3. The fourth-order valence-electron chi connectivity index (χ4n) is 6.77.